The Labute approximate surface area is 190 Å². The number of hydrogen-bond acceptors (Lipinski definition) is 5. The van der Waals surface area contributed by atoms with Crippen LogP contribution in [-0.4, -0.2) is 34.3 Å². The van der Waals surface area contributed by atoms with Crippen LogP contribution in [0.15, 0.2) is 42.5 Å². The summed E-state index contributed by atoms with van der Waals surface area (Å²) in [6.07, 6.45) is 0. The Bertz CT molecular complexity index is 1260. The predicted octanol–water partition coefficient (Wildman–Crippen LogP) is 5.43. The van der Waals surface area contributed by atoms with Crippen molar-refractivity contribution in [2.75, 3.05) is 18.6 Å². The quantitative estimate of drug-likeness (QED) is 0.390. The molecule has 0 aliphatic rings. The van der Waals surface area contributed by atoms with Crippen LogP contribution < -0.4 is 9.64 Å². The highest BCUT2D eigenvalue weighted by Crippen LogP contribution is 2.34. The molecule has 0 aliphatic carbocycles. The van der Waals surface area contributed by atoms with Crippen LogP contribution in [0.5, 0.6) is 5.75 Å². The first-order valence-electron chi connectivity index (χ1n) is 9.89. The van der Waals surface area contributed by atoms with E-state index in [9.17, 15) is 4.79 Å². The van der Waals surface area contributed by atoms with Crippen LogP contribution in [0, 0.1) is 20.8 Å². The van der Waals surface area contributed by atoms with Crippen LogP contribution in [0.1, 0.15) is 27.3 Å². The number of methoxy groups -OCH3 is 1. The van der Waals surface area contributed by atoms with Crippen molar-refractivity contribution in [1.29, 1.82) is 0 Å². The van der Waals surface area contributed by atoms with Gasteiger partial charge in [0.1, 0.15) is 5.75 Å². The van der Waals surface area contributed by atoms with Gasteiger partial charge >= 0.3 is 0 Å². The molecule has 6 nitrogen and oxygen atoms in total. The van der Waals surface area contributed by atoms with Crippen molar-refractivity contribution >= 4 is 44.2 Å². The van der Waals surface area contributed by atoms with Crippen molar-refractivity contribution in [1.82, 2.24) is 14.8 Å². The highest BCUT2D eigenvalue weighted by atomic mass is 35.5. The van der Waals surface area contributed by atoms with Gasteiger partial charge in [-0.25, -0.2) is 4.98 Å². The number of carbonyl (C=O) groups excluding carboxylic acids is 1. The summed E-state index contributed by atoms with van der Waals surface area (Å²) >= 11 is 7.70. The summed E-state index contributed by atoms with van der Waals surface area (Å²) in [7, 11) is 1.59. The van der Waals surface area contributed by atoms with Crippen molar-refractivity contribution in [2.45, 2.75) is 27.3 Å². The van der Waals surface area contributed by atoms with Crippen LogP contribution in [-0.2, 0) is 6.54 Å². The van der Waals surface area contributed by atoms with E-state index in [0.717, 1.165) is 27.2 Å². The van der Waals surface area contributed by atoms with Crippen LogP contribution in [0.25, 0.3) is 10.2 Å². The molecule has 4 rings (SSSR count). The van der Waals surface area contributed by atoms with Gasteiger partial charge in [-0.2, -0.15) is 5.10 Å². The number of amides is 1. The van der Waals surface area contributed by atoms with Crippen molar-refractivity contribution in [3.05, 3.63) is 70.0 Å². The first-order chi connectivity index (χ1) is 14.9. The lowest BCUT2D eigenvalue weighted by Gasteiger charge is -2.20. The minimum absolute atomic E-state index is 0.136. The van der Waals surface area contributed by atoms with Gasteiger partial charge in [0.15, 0.2) is 5.13 Å². The topological polar surface area (TPSA) is 60.2 Å². The molecule has 0 aliphatic heterocycles. The summed E-state index contributed by atoms with van der Waals surface area (Å²) in [5.74, 6) is 0.500. The molecule has 31 heavy (non-hydrogen) atoms. The van der Waals surface area contributed by atoms with E-state index in [1.807, 2.05) is 55.8 Å². The van der Waals surface area contributed by atoms with Crippen LogP contribution in [0.3, 0.4) is 0 Å². The van der Waals surface area contributed by atoms with Crippen molar-refractivity contribution < 1.29 is 9.53 Å². The van der Waals surface area contributed by atoms with Gasteiger partial charge < -0.3 is 4.74 Å². The predicted molar refractivity (Wildman–Crippen MR) is 126 cm³/mol. The molecule has 0 radical (unpaired) electrons. The number of nitrogens with zero attached hydrogens (tertiary/aromatic N) is 4. The number of ether oxygens (including phenoxy) is 1. The molecule has 0 atom stereocenters. The van der Waals surface area contributed by atoms with Gasteiger partial charge in [0.2, 0.25) is 0 Å². The van der Waals surface area contributed by atoms with E-state index in [0.29, 0.717) is 34.6 Å². The standard InChI is InChI=1S/C23H23ClN4O2S/c1-14-10-18(24)13-20-21(14)25-23(31-20)27(8-9-28-16(3)11-15(2)26-28)22(29)17-6-5-7-19(12-17)30-4/h5-7,10-13H,8-9H2,1-4H3. The monoisotopic (exact) mass is 454 g/mol. The average Bonchev–Trinajstić information content (AvgIpc) is 3.30. The number of hydrogen-bond donors (Lipinski definition) is 0. The van der Waals surface area contributed by atoms with Crippen molar-refractivity contribution in [3.63, 3.8) is 0 Å². The fourth-order valence-corrected chi connectivity index (χ4v) is 4.99. The Hall–Kier alpha value is -2.90. The highest BCUT2D eigenvalue weighted by Gasteiger charge is 2.23. The van der Waals surface area contributed by atoms with E-state index in [4.69, 9.17) is 21.3 Å². The van der Waals surface area contributed by atoms with Gasteiger partial charge in [-0.15, -0.1) is 0 Å². The van der Waals surface area contributed by atoms with E-state index in [1.165, 1.54) is 11.3 Å². The normalized spacial score (nSPS) is 11.1. The molecular formula is C23H23ClN4O2S. The maximum absolute atomic E-state index is 13.5. The van der Waals surface area contributed by atoms with E-state index in [-0.39, 0.29) is 5.91 Å². The lowest BCUT2D eigenvalue weighted by molar-refractivity contribution is 0.0985. The molecule has 1 amide bonds. The fourth-order valence-electron chi connectivity index (χ4n) is 3.55. The van der Waals surface area contributed by atoms with Gasteiger partial charge in [0.05, 0.1) is 29.6 Å². The maximum atomic E-state index is 13.5. The van der Waals surface area contributed by atoms with Crippen molar-refractivity contribution in [3.8, 4) is 5.75 Å². The van der Waals surface area contributed by atoms with Crippen molar-refractivity contribution in [2.24, 2.45) is 0 Å². The van der Waals surface area contributed by atoms with Gasteiger partial charge in [-0.05, 0) is 62.7 Å². The first-order valence-corrected chi connectivity index (χ1v) is 11.1. The minimum Gasteiger partial charge on any atom is -0.497 e. The number of thiazole rings is 1. The van der Waals surface area contributed by atoms with E-state index < -0.39 is 0 Å². The first kappa shape index (κ1) is 21.3. The van der Waals surface area contributed by atoms with Gasteiger partial charge in [0, 0.05) is 22.8 Å². The van der Waals surface area contributed by atoms with E-state index >= 15 is 0 Å². The summed E-state index contributed by atoms with van der Waals surface area (Å²) in [4.78, 5) is 20.0. The summed E-state index contributed by atoms with van der Waals surface area (Å²) in [5, 5.41) is 5.82. The van der Waals surface area contributed by atoms with Gasteiger partial charge in [-0.1, -0.05) is 29.0 Å². The number of aromatic nitrogens is 3. The zero-order valence-electron chi connectivity index (χ0n) is 17.8. The molecule has 8 heteroatoms. The zero-order chi connectivity index (χ0) is 22.1. The second-order valence-corrected chi connectivity index (χ2v) is 8.85. The molecule has 4 aromatic rings. The largest absolute Gasteiger partial charge is 0.497 e. The number of fused-ring (bicyclic) bond motifs is 1. The Morgan fingerprint density at radius 3 is 2.71 bits per heavy atom. The number of carbonyl (C=O) groups is 1. The number of aryl methyl sites for hydroxylation is 3. The molecule has 0 N–H and O–H groups in total. The molecule has 0 bridgehead atoms. The molecule has 0 saturated heterocycles. The molecule has 0 unspecified atom stereocenters. The van der Waals surface area contributed by atoms with Crippen LogP contribution in [0.2, 0.25) is 5.02 Å². The third-order valence-electron chi connectivity index (χ3n) is 5.07. The second-order valence-electron chi connectivity index (χ2n) is 7.40. The summed E-state index contributed by atoms with van der Waals surface area (Å²) < 4.78 is 8.17. The molecule has 0 spiro atoms. The lowest BCUT2D eigenvalue weighted by Crippen LogP contribution is -2.34. The van der Waals surface area contributed by atoms with Crippen LogP contribution in [0.4, 0.5) is 5.13 Å². The lowest BCUT2D eigenvalue weighted by atomic mass is 10.2. The molecule has 0 fully saturated rings. The number of benzene rings is 2. The molecule has 0 saturated carbocycles. The zero-order valence-corrected chi connectivity index (χ0v) is 19.4. The average molecular weight is 455 g/mol. The maximum Gasteiger partial charge on any atom is 0.260 e. The molecule has 160 valence electrons. The number of halogens is 1. The smallest absolute Gasteiger partial charge is 0.260 e. The third-order valence-corrected chi connectivity index (χ3v) is 6.31. The Morgan fingerprint density at radius 2 is 2.00 bits per heavy atom. The Morgan fingerprint density at radius 1 is 1.19 bits per heavy atom. The SMILES string of the molecule is COc1cccc(C(=O)N(CCn2nc(C)cc2C)c2nc3c(C)cc(Cl)cc3s2)c1. The third kappa shape index (κ3) is 4.43. The number of rotatable bonds is 6. The Balaban J connectivity index is 1.73. The molecule has 2 aromatic heterocycles. The second kappa shape index (κ2) is 8.69. The van der Waals surface area contributed by atoms with E-state index in [2.05, 4.69) is 5.10 Å². The fraction of sp³-hybridized carbons (Fsp3) is 0.261. The van der Waals surface area contributed by atoms with E-state index in [1.54, 1.807) is 24.1 Å². The minimum atomic E-state index is -0.136. The highest BCUT2D eigenvalue weighted by molar-refractivity contribution is 7.22. The van der Waals surface area contributed by atoms with Gasteiger partial charge in [-0.3, -0.25) is 14.4 Å². The molecular weight excluding hydrogens is 432 g/mol. The Kier molecular flexibility index (Phi) is 5.98. The summed E-state index contributed by atoms with van der Waals surface area (Å²) in [5.41, 5.74) is 4.39. The molecule has 2 heterocycles. The number of anilines is 1. The van der Waals surface area contributed by atoms with Gasteiger partial charge in [0.25, 0.3) is 5.91 Å². The molecule has 2 aromatic carbocycles. The van der Waals surface area contributed by atoms with Crippen LogP contribution >= 0.6 is 22.9 Å². The summed E-state index contributed by atoms with van der Waals surface area (Å²) in [6.45, 7) is 6.94. The summed E-state index contributed by atoms with van der Waals surface area (Å²) in [6, 6.07) is 13.0.